The Morgan fingerprint density at radius 3 is 2.60 bits per heavy atom. The Balaban J connectivity index is 2.43. The molecular weight excluding hydrogens is 274 g/mol. The van der Waals surface area contributed by atoms with Gasteiger partial charge in [-0.2, -0.15) is 0 Å². The maximum atomic E-state index is 12.5. The summed E-state index contributed by atoms with van der Waals surface area (Å²) >= 11 is 0. The van der Waals surface area contributed by atoms with Crippen LogP contribution in [0.15, 0.2) is 41.4 Å². The van der Waals surface area contributed by atoms with E-state index >= 15 is 0 Å². The van der Waals surface area contributed by atoms with Crippen LogP contribution in [0.1, 0.15) is 16.7 Å². The first-order chi connectivity index (χ1) is 9.44. The van der Waals surface area contributed by atoms with E-state index in [1.165, 1.54) is 0 Å². The van der Waals surface area contributed by atoms with E-state index in [0.717, 1.165) is 11.1 Å². The van der Waals surface area contributed by atoms with Gasteiger partial charge < -0.3 is 5.73 Å². The number of nitrogens with two attached hydrogens (primary N) is 1. The topological polar surface area (TPSA) is 85.1 Å². The number of hydrogen-bond donors (Lipinski definition) is 2. The smallest absolute Gasteiger partial charge is 0.263 e. The van der Waals surface area contributed by atoms with Gasteiger partial charge in [0, 0.05) is 12.7 Å². The molecular formula is C14H17N3O2S. The molecule has 0 aliphatic rings. The zero-order valence-electron chi connectivity index (χ0n) is 11.4. The van der Waals surface area contributed by atoms with Crippen molar-refractivity contribution in [2.45, 2.75) is 25.3 Å². The molecule has 2 rings (SSSR count). The lowest BCUT2D eigenvalue weighted by Crippen LogP contribution is -2.16. The quantitative estimate of drug-likeness (QED) is 0.901. The Kier molecular flexibility index (Phi) is 4.06. The van der Waals surface area contributed by atoms with Crippen molar-refractivity contribution in [2.24, 2.45) is 5.73 Å². The van der Waals surface area contributed by atoms with Gasteiger partial charge in [0.2, 0.25) is 0 Å². The molecule has 0 fully saturated rings. The van der Waals surface area contributed by atoms with Gasteiger partial charge in [0.25, 0.3) is 10.0 Å². The Hall–Kier alpha value is -1.92. The number of hydrogen-bond acceptors (Lipinski definition) is 4. The highest BCUT2D eigenvalue weighted by Gasteiger charge is 2.18. The number of nitrogens with one attached hydrogen (secondary N) is 1. The predicted molar refractivity (Wildman–Crippen MR) is 78.9 cm³/mol. The Labute approximate surface area is 118 Å². The van der Waals surface area contributed by atoms with Gasteiger partial charge in [-0.3, -0.25) is 4.72 Å². The van der Waals surface area contributed by atoms with Crippen molar-refractivity contribution in [1.82, 2.24) is 4.98 Å². The van der Waals surface area contributed by atoms with Crippen LogP contribution in [0.4, 0.5) is 5.82 Å². The first-order valence-electron chi connectivity index (χ1n) is 6.18. The third kappa shape index (κ3) is 2.97. The molecule has 0 unspecified atom stereocenters. The van der Waals surface area contributed by atoms with E-state index in [0.29, 0.717) is 17.9 Å². The van der Waals surface area contributed by atoms with E-state index in [4.69, 9.17) is 5.73 Å². The summed E-state index contributed by atoms with van der Waals surface area (Å²) in [6.45, 7) is 3.85. The highest BCUT2D eigenvalue weighted by Crippen LogP contribution is 2.21. The second kappa shape index (κ2) is 5.60. The second-order valence-electron chi connectivity index (χ2n) is 4.58. The van der Waals surface area contributed by atoms with Gasteiger partial charge in [-0.15, -0.1) is 0 Å². The van der Waals surface area contributed by atoms with Gasteiger partial charge in [-0.05, 0) is 42.7 Å². The van der Waals surface area contributed by atoms with Crippen LogP contribution in [0.3, 0.4) is 0 Å². The van der Waals surface area contributed by atoms with Gasteiger partial charge in [0.15, 0.2) is 0 Å². The number of rotatable bonds is 4. The molecule has 5 nitrogen and oxygen atoms in total. The third-order valence-electron chi connectivity index (χ3n) is 3.02. The Morgan fingerprint density at radius 2 is 1.95 bits per heavy atom. The summed E-state index contributed by atoms with van der Waals surface area (Å²) in [5, 5.41) is 0. The van der Waals surface area contributed by atoms with E-state index in [-0.39, 0.29) is 4.90 Å². The van der Waals surface area contributed by atoms with Gasteiger partial charge in [0.1, 0.15) is 5.82 Å². The molecule has 0 radical (unpaired) electrons. The molecule has 0 atom stereocenters. The number of aryl methyl sites for hydroxylation is 2. The third-order valence-corrected chi connectivity index (χ3v) is 4.50. The lowest BCUT2D eigenvalue weighted by Gasteiger charge is -2.12. The van der Waals surface area contributed by atoms with Crippen molar-refractivity contribution < 1.29 is 8.42 Å². The molecule has 3 N–H and O–H groups in total. The maximum Gasteiger partial charge on any atom is 0.263 e. The van der Waals surface area contributed by atoms with Crippen LogP contribution < -0.4 is 10.5 Å². The van der Waals surface area contributed by atoms with Crippen LogP contribution >= 0.6 is 0 Å². The lowest BCUT2D eigenvalue weighted by atomic mass is 10.1. The zero-order valence-corrected chi connectivity index (χ0v) is 12.2. The van der Waals surface area contributed by atoms with Gasteiger partial charge in [-0.1, -0.05) is 18.2 Å². The lowest BCUT2D eigenvalue weighted by molar-refractivity contribution is 0.600. The van der Waals surface area contributed by atoms with Crippen LogP contribution in [-0.4, -0.2) is 13.4 Å². The molecule has 1 heterocycles. The molecule has 0 aliphatic carbocycles. The van der Waals surface area contributed by atoms with Crippen LogP contribution in [0.25, 0.3) is 0 Å². The summed E-state index contributed by atoms with van der Waals surface area (Å²) < 4.78 is 27.4. The fourth-order valence-electron chi connectivity index (χ4n) is 1.84. The molecule has 2 aromatic rings. The Bertz CT molecular complexity index is 727. The summed E-state index contributed by atoms with van der Waals surface area (Å²) in [6.07, 6.45) is 1.55. The normalized spacial score (nSPS) is 11.3. The van der Waals surface area contributed by atoms with Gasteiger partial charge >= 0.3 is 0 Å². The number of sulfonamides is 1. The number of pyridine rings is 1. The largest absolute Gasteiger partial charge is 0.326 e. The van der Waals surface area contributed by atoms with Crippen molar-refractivity contribution in [3.8, 4) is 0 Å². The molecule has 106 valence electrons. The van der Waals surface area contributed by atoms with E-state index < -0.39 is 10.0 Å². The van der Waals surface area contributed by atoms with Crippen LogP contribution in [0, 0.1) is 13.8 Å². The number of aromatic nitrogens is 1. The molecule has 0 amide bonds. The fourth-order valence-corrected chi connectivity index (χ4v) is 3.21. The monoisotopic (exact) mass is 291 g/mol. The zero-order chi connectivity index (χ0) is 14.8. The molecule has 0 aliphatic heterocycles. The first-order valence-corrected chi connectivity index (χ1v) is 7.66. The average Bonchev–Trinajstić information content (AvgIpc) is 2.41. The van der Waals surface area contributed by atoms with Crippen molar-refractivity contribution in [1.29, 1.82) is 0 Å². The maximum absolute atomic E-state index is 12.5. The minimum absolute atomic E-state index is 0.227. The number of nitrogens with zero attached hydrogens (tertiary/aromatic N) is 1. The van der Waals surface area contributed by atoms with Gasteiger partial charge in [0.05, 0.1) is 4.90 Å². The first kappa shape index (κ1) is 14.5. The average molecular weight is 291 g/mol. The fraction of sp³-hybridized carbons (Fsp3) is 0.214. The van der Waals surface area contributed by atoms with E-state index in [1.807, 2.05) is 6.07 Å². The van der Waals surface area contributed by atoms with Crippen molar-refractivity contribution in [3.63, 3.8) is 0 Å². The summed E-state index contributed by atoms with van der Waals surface area (Å²) in [4.78, 5) is 4.27. The summed E-state index contributed by atoms with van der Waals surface area (Å²) in [6, 6.07) is 8.72. The van der Waals surface area contributed by atoms with E-state index in [1.54, 1.807) is 44.3 Å². The van der Waals surface area contributed by atoms with Crippen LogP contribution in [0.5, 0.6) is 0 Å². The van der Waals surface area contributed by atoms with E-state index in [2.05, 4.69) is 9.71 Å². The standard InChI is InChI=1S/C14H17N3O2S/c1-10-5-6-12(9-15)8-13(10)20(18,19)17-14-11(2)4-3-7-16-14/h3-8H,9,15H2,1-2H3,(H,16,17). The van der Waals surface area contributed by atoms with Gasteiger partial charge in [-0.25, -0.2) is 13.4 Å². The second-order valence-corrected chi connectivity index (χ2v) is 6.23. The molecule has 6 heteroatoms. The molecule has 1 aromatic heterocycles. The minimum atomic E-state index is -3.67. The van der Waals surface area contributed by atoms with Crippen molar-refractivity contribution in [2.75, 3.05) is 4.72 Å². The van der Waals surface area contributed by atoms with Crippen LogP contribution in [-0.2, 0) is 16.6 Å². The number of benzene rings is 1. The molecule has 0 bridgehead atoms. The highest BCUT2D eigenvalue weighted by atomic mass is 32.2. The summed E-state index contributed by atoms with van der Waals surface area (Å²) in [7, 11) is -3.67. The molecule has 0 saturated heterocycles. The highest BCUT2D eigenvalue weighted by molar-refractivity contribution is 7.92. The molecule has 20 heavy (non-hydrogen) atoms. The molecule has 0 spiro atoms. The van der Waals surface area contributed by atoms with Crippen molar-refractivity contribution in [3.05, 3.63) is 53.2 Å². The van der Waals surface area contributed by atoms with E-state index in [9.17, 15) is 8.42 Å². The summed E-state index contributed by atoms with van der Waals surface area (Å²) in [5.74, 6) is 0.338. The molecule has 0 saturated carbocycles. The van der Waals surface area contributed by atoms with Crippen molar-refractivity contribution >= 4 is 15.8 Å². The Morgan fingerprint density at radius 1 is 1.20 bits per heavy atom. The minimum Gasteiger partial charge on any atom is -0.326 e. The van der Waals surface area contributed by atoms with Crippen LogP contribution in [0.2, 0.25) is 0 Å². The SMILES string of the molecule is Cc1ccc(CN)cc1S(=O)(=O)Nc1ncccc1C. The summed E-state index contributed by atoms with van der Waals surface area (Å²) in [5.41, 5.74) is 7.77. The predicted octanol–water partition coefficient (Wildman–Crippen LogP) is 1.96. The number of anilines is 1. The molecule has 1 aromatic carbocycles.